The van der Waals surface area contributed by atoms with Crippen LogP contribution in [-0.2, 0) is 14.8 Å². The number of anilines is 1. The van der Waals surface area contributed by atoms with Crippen LogP contribution in [0.25, 0.3) is 0 Å². The number of benzene rings is 1. The molecule has 1 aromatic rings. The Hall–Kier alpha value is -1.18. The predicted molar refractivity (Wildman–Crippen MR) is 69.5 cm³/mol. The topological polar surface area (TPSA) is 81.4 Å². The zero-order valence-corrected chi connectivity index (χ0v) is 11.2. The average molecular weight is 288 g/mol. The van der Waals surface area contributed by atoms with E-state index in [9.17, 15) is 12.8 Å². The van der Waals surface area contributed by atoms with Crippen molar-refractivity contribution in [3.8, 4) is 0 Å². The van der Waals surface area contributed by atoms with E-state index in [1.165, 1.54) is 6.07 Å². The van der Waals surface area contributed by atoms with Gasteiger partial charge in [0.1, 0.15) is 10.7 Å². The summed E-state index contributed by atoms with van der Waals surface area (Å²) in [4.78, 5) is -0.0920. The molecule has 0 aliphatic carbocycles. The van der Waals surface area contributed by atoms with E-state index in [2.05, 4.69) is 4.72 Å². The third-order valence-corrected chi connectivity index (χ3v) is 4.58. The van der Waals surface area contributed by atoms with E-state index in [4.69, 9.17) is 10.5 Å². The highest BCUT2D eigenvalue weighted by molar-refractivity contribution is 7.89. The third kappa shape index (κ3) is 3.65. The van der Waals surface area contributed by atoms with Gasteiger partial charge >= 0.3 is 0 Å². The molecule has 0 spiro atoms. The lowest BCUT2D eigenvalue weighted by Crippen LogP contribution is -2.33. The van der Waals surface area contributed by atoms with E-state index >= 15 is 0 Å². The Labute approximate surface area is 112 Å². The number of hydrogen-bond acceptors (Lipinski definition) is 4. The van der Waals surface area contributed by atoms with E-state index < -0.39 is 15.8 Å². The zero-order chi connectivity index (χ0) is 13.9. The first-order valence-corrected chi connectivity index (χ1v) is 7.60. The Morgan fingerprint density at radius 1 is 1.47 bits per heavy atom. The molecule has 1 saturated heterocycles. The van der Waals surface area contributed by atoms with Gasteiger partial charge in [-0.1, -0.05) is 0 Å². The second kappa shape index (κ2) is 5.85. The highest BCUT2D eigenvalue weighted by Crippen LogP contribution is 2.20. The molecule has 5 nitrogen and oxygen atoms in total. The molecule has 1 aliphatic rings. The van der Waals surface area contributed by atoms with Gasteiger partial charge in [-0.3, -0.25) is 0 Å². The maximum absolute atomic E-state index is 12.9. The van der Waals surface area contributed by atoms with Crippen LogP contribution >= 0.6 is 0 Å². The maximum Gasteiger partial charge on any atom is 0.242 e. The summed E-state index contributed by atoms with van der Waals surface area (Å²) in [6, 6.07) is 3.25. The Kier molecular flexibility index (Phi) is 4.38. The quantitative estimate of drug-likeness (QED) is 0.813. The van der Waals surface area contributed by atoms with Crippen molar-refractivity contribution in [2.45, 2.75) is 17.7 Å². The van der Waals surface area contributed by atoms with Gasteiger partial charge in [0.15, 0.2) is 0 Å². The van der Waals surface area contributed by atoms with Crippen molar-refractivity contribution in [2.75, 3.05) is 25.5 Å². The summed E-state index contributed by atoms with van der Waals surface area (Å²) in [6.45, 7) is 1.59. The van der Waals surface area contributed by atoms with Crippen LogP contribution in [0.4, 0.5) is 10.1 Å². The van der Waals surface area contributed by atoms with E-state index in [0.29, 0.717) is 13.2 Å². The standard InChI is InChI=1S/C12H17FN2O3S/c13-10-3-4-12(11(14)6-10)19(16,17)15-7-9-2-1-5-18-8-9/h3-4,6,9,15H,1-2,5,7-8,14H2. The van der Waals surface area contributed by atoms with Crippen molar-refractivity contribution in [3.63, 3.8) is 0 Å². The first-order chi connectivity index (χ1) is 8.99. The number of hydrogen-bond donors (Lipinski definition) is 2. The SMILES string of the molecule is Nc1cc(F)ccc1S(=O)(=O)NCC1CCCOC1. The van der Waals surface area contributed by atoms with Crippen molar-refractivity contribution in [2.24, 2.45) is 5.92 Å². The molecule has 19 heavy (non-hydrogen) atoms. The molecule has 0 amide bonds. The second-order valence-electron chi connectivity index (χ2n) is 4.62. The lowest BCUT2D eigenvalue weighted by molar-refractivity contribution is 0.0568. The smallest absolute Gasteiger partial charge is 0.242 e. The molecule has 1 fully saturated rings. The molecule has 1 heterocycles. The summed E-state index contributed by atoms with van der Waals surface area (Å²) in [6.07, 6.45) is 1.87. The fourth-order valence-electron chi connectivity index (χ4n) is 2.04. The van der Waals surface area contributed by atoms with Crippen molar-refractivity contribution in [1.29, 1.82) is 0 Å². The molecular formula is C12H17FN2O3S. The third-order valence-electron chi connectivity index (χ3n) is 3.08. The highest BCUT2D eigenvalue weighted by atomic mass is 32.2. The van der Waals surface area contributed by atoms with Crippen LogP contribution < -0.4 is 10.5 Å². The summed E-state index contributed by atoms with van der Waals surface area (Å²) in [7, 11) is -3.70. The summed E-state index contributed by atoms with van der Waals surface area (Å²) >= 11 is 0. The molecule has 1 aromatic carbocycles. The molecule has 7 heteroatoms. The molecule has 0 saturated carbocycles. The maximum atomic E-state index is 12.9. The number of halogens is 1. The molecular weight excluding hydrogens is 271 g/mol. The minimum absolute atomic E-state index is 0.0904. The van der Waals surface area contributed by atoms with Gasteiger partial charge in [-0.15, -0.1) is 0 Å². The summed E-state index contributed by atoms with van der Waals surface area (Å²) in [5.41, 5.74) is 5.44. The lowest BCUT2D eigenvalue weighted by Gasteiger charge is -2.22. The van der Waals surface area contributed by atoms with Crippen LogP contribution in [0, 0.1) is 11.7 Å². The van der Waals surface area contributed by atoms with Crippen LogP contribution in [0.2, 0.25) is 0 Å². The molecule has 1 atom stereocenters. The van der Waals surface area contributed by atoms with Crippen LogP contribution in [-0.4, -0.2) is 28.2 Å². The van der Waals surface area contributed by atoms with Crippen LogP contribution in [0.3, 0.4) is 0 Å². The van der Waals surface area contributed by atoms with Gasteiger partial charge < -0.3 is 10.5 Å². The van der Waals surface area contributed by atoms with Crippen LogP contribution in [0.5, 0.6) is 0 Å². The van der Waals surface area contributed by atoms with E-state index in [1.54, 1.807) is 0 Å². The predicted octanol–water partition coefficient (Wildman–Crippen LogP) is 1.11. The minimum atomic E-state index is -3.70. The normalized spacial score (nSPS) is 20.4. The largest absolute Gasteiger partial charge is 0.398 e. The number of nitrogens with two attached hydrogens (primary N) is 1. The lowest BCUT2D eigenvalue weighted by atomic mass is 10.0. The zero-order valence-electron chi connectivity index (χ0n) is 10.4. The first-order valence-electron chi connectivity index (χ1n) is 6.11. The van der Waals surface area contributed by atoms with Crippen molar-refractivity contribution in [3.05, 3.63) is 24.0 Å². The number of nitrogen functional groups attached to an aromatic ring is 1. The van der Waals surface area contributed by atoms with Gasteiger partial charge in [-0.2, -0.15) is 0 Å². The summed E-state index contributed by atoms with van der Waals surface area (Å²) in [5, 5.41) is 0. The van der Waals surface area contributed by atoms with E-state index in [1.807, 2.05) is 0 Å². The Balaban J connectivity index is 2.05. The van der Waals surface area contributed by atoms with Gasteiger partial charge in [0.2, 0.25) is 10.0 Å². The molecule has 1 aliphatic heterocycles. The Morgan fingerprint density at radius 2 is 2.26 bits per heavy atom. The van der Waals surface area contributed by atoms with Gasteiger partial charge in [0, 0.05) is 13.2 Å². The van der Waals surface area contributed by atoms with Crippen LogP contribution in [0.15, 0.2) is 23.1 Å². The monoisotopic (exact) mass is 288 g/mol. The van der Waals surface area contributed by atoms with Gasteiger partial charge in [0.25, 0.3) is 0 Å². The van der Waals surface area contributed by atoms with Crippen LogP contribution in [0.1, 0.15) is 12.8 Å². The molecule has 2 rings (SSSR count). The van der Waals surface area contributed by atoms with Gasteiger partial charge in [-0.25, -0.2) is 17.5 Å². The Morgan fingerprint density at radius 3 is 2.89 bits per heavy atom. The number of rotatable bonds is 4. The van der Waals surface area contributed by atoms with Crippen molar-refractivity contribution >= 4 is 15.7 Å². The number of nitrogens with one attached hydrogen (secondary N) is 1. The van der Waals surface area contributed by atoms with Crippen molar-refractivity contribution in [1.82, 2.24) is 4.72 Å². The minimum Gasteiger partial charge on any atom is -0.398 e. The van der Waals surface area contributed by atoms with Gasteiger partial charge in [0.05, 0.1) is 12.3 Å². The molecule has 0 aromatic heterocycles. The first kappa shape index (κ1) is 14.2. The fraction of sp³-hybridized carbons (Fsp3) is 0.500. The molecule has 3 N–H and O–H groups in total. The van der Waals surface area contributed by atoms with Crippen molar-refractivity contribution < 1.29 is 17.5 Å². The average Bonchev–Trinajstić information content (AvgIpc) is 2.37. The number of ether oxygens (including phenoxy) is 1. The summed E-state index contributed by atoms with van der Waals surface area (Å²) < 4.78 is 44.8. The second-order valence-corrected chi connectivity index (χ2v) is 6.35. The number of sulfonamides is 1. The molecule has 106 valence electrons. The fourth-order valence-corrected chi connectivity index (χ4v) is 3.26. The highest BCUT2D eigenvalue weighted by Gasteiger charge is 2.21. The van der Waals surface area contributed by atoms with E-state index in [-0.39, 0.29) is 16.5 Å². The molecule has 0 bridgehead atoms. The van der Waals surface area contributed by atoms with E-state index in [0.717, 1.165) is 31.6 Å². The molecule has 1 unspecified atom stereocenters. The Bertz CT molecular complexity index is 542. The summed E-state index contributed by atoms with van der Waals surface area (Å²) in [5.74, 6) is -0.387. The van der Waals surface area contributed by atoms with Gasteiger partial charge in [-0.05, 0) is 37.0 Å². The molecule has 0 radical (unpaired) electrons.